The second-order valence-electron chi connectivity index (χ2n) is 1.48. The third-order valence-corrected chi connectivity index (χ3v) is 0.563. The molecule has 0 amide bonds. The lowest BCUT2D eigenvalue weighted by Crippen LogP contribution is -2.16. The van der Waals surface area contributed by atoms with Crippen LogP contribution in [0.1, 0.15) is 6.92 Å². The Hall–Kier alpha value is -0.810. The van der Waals surface area contributed by atoms with Crippen molar-refractivity contribution < 1.29 is 19.4 Å². The normalized spacial score (nSPS) is 6.83. The lowest BCUT2D eigenvalue weighted by molar-refractivity contribution is -0.135. The number of rotatable bonds is 4. The Kier molecular flexibility index (Phi) is 24.0. The van der Waals surface area contributed by atoms with Gasteiger partial charge in [-0.15, -0.1) is 12.4 Å². The van der Waals surface area contributed by atoms with Gasteiger partial charge in [0.25, 0.3) is 6.47 Å². The van der Waals surface area contributed by atoms with Crippen LogP contribution in [0.15, 0.2) is 0 Å². The fraction of sp³-hybridized carbons (Fsp3) is 0.667. The SMILES string of the molecule is CCOC=O.CNCC(=O)O.Cl. The molecule has 0 saturated carbocycles. The van der Waals surface area contributed by atoms with Gasteiger partial charge < -0.3 is 15.2 Å². The van der Waals surface area contributed by atoms with Crippen molar-refractivity contribution in [3.8, 4) is 0 Å². The summed E-state index contributed by atoms with van der Waals surface area (Å²) in [7, 11) is 1.59. The molecule has 2 N–H and O–H groups in total. The summed E-state index contributed by atoms with van der Waals surface area (Å²) in [6.07, 6.45) is 0. The number of ether oxygens (including phenoxy) is 1. The third kappa shape index (κ3) is 35.1. The molecule has 0 spiro atoms. The maximum Gasteiger partial charge on any atom is 0.317 e. The van der Waals surface area contributed by atoms with Crippen molar-refractivity contribution >= 4 is 24.8 Å². The van der Waals surface area contributed by atoms with E-state index in [4.69, 9.17) is 5.11 Å². The van der Waals surface area contributed by atoms with Crippen molar-refractivity contribution in [1.82, 2.24) is 5.32 Å². The molecule has 0 heterocycles. The van der Waals surface area contributed by atoms with E-state index in [-0.39, 0.29) is 19.0 Å². The van der Waals surface area contributed by atoms with Gasteiger partial charge in [0, 0.05) is 0 Å². The largest absolute Gasteiger partial charge is 0.480 e. The van der Waals surface area contributed by atoms with Crippen LogP contribution in [0.25, 0.3) is 0 Å². The number of hydrogen-bond acceptors (Lipinski definition) is 4. The van der Waals surface area contributed by atoms with Gasteiger partial charge in [-0.05, 0) is 14.0 Å². The highest BCUT2D eigenvalue weighted by molar-refractivity contribution is 5.85. The molecule has 0 aromatic heterocycles. The Morgan fingerprint density at radius 2 is 2.17 bits per heavy atom. The van der Waals surface area contributed by atoms with Gasteiger partial charge in [-0.3, -0.25) is 9.59 Å². The molecule has 0 aliphatic rings. The second-order valence-corrected chi connectivity index (χ2v) is 1.48. The summed E-state index contributed by atoms with van der Waals surface area (Å²) in [5, 5.41) is 10.3. The molecule has 0 radical (unpaired) electrons. The third-order valence-electron chi connectivity index (χ3n) is 0.563. The van der Waals surface area contributed by atoms with Gasteiger partial charge >= 0.3 is 5.97 Å². The van der Waals surface area contributed by atoms with E-state index in [1.807, 2.05) is 0 Å². The summed E-state index contributed by atoms with van der Waals surface area (Å²) in [6, 6.07) is 0. The van der Waals surface area contributed by atoms with Gasteiger partial charge in [0.15, 0.2) is 0 Å². The summed E-state index contributed by atoms with van der Waals surface area (Å²) >= 11 is 0. The molecule has 0 unspecified atom stereocenters. The molecule has 0 bridgehead atoms. The highest BCUT2D eigenvalue weighted by Crippen LogP contribution is 1.55. The van der Waals surface area contributed by atoms with E-state index in [1.54, 1.807) is 14.0 Å². The topological polar surface area (TPSA) is 75.6 Å². The van der Waals surface area contributed by atoms with Crippen LogP contribution in [0.2, 0.25) is 0 Å². The van der Waals surface area contributed by atoms with Gasteiger partial charge in [-0.25, -0.2) is 0 Å². The molecule has 0 aromatic rings. The van der Waals surface area contributed by atoms with Crippen molar-refractivity contribution in [2.24, 2.45) is 0 Å². The maximum atomic E-state index is 9.54. The molecular formula is C6H14ClNO4. The second kappa shape index (κ2) is 16.6. The zero-order chi connectivity index (χ0) is 9.11. The molecule has 5 nitrogen and oxygen atoms in total. The van der Waals surface area contributed by atoms with Gasteiger partial charge in [-0.2, -0.15) is 0 Å². The van der Waals surface area contributed by atoms with E-state index >= 15 is 0 Å². The fourth-order valence-electron chi connectivity index (χ4n) is 0.219. The van der Waals surface area contributed by atoms with E-state index in [0.717, 1.165) is 0 Å². The first-order valence-electron chi connectivity index (χ1n) is 3.10. The molecule has 0 rings (SSSR count). The summed E-state index contributed by atoms with van der Waals surface area (Å²) in [6.45, 7) is 2.71. The minimum atomic E-state index is -0.822. The number of carboxylic acids is 1. The number of nitrogens with one attached hydrogen (secondary N) is 1. The number of carboxylic acid groups (broad SMARTS) is 1. The minimum Gasteiger partial charge on any atom is -0.480 e. The fourth-order valence-corrected chi connectivity index (χ4v) is 0.219. The highest BCUT2D eigenvalue weighted by Gasteiger charge is 1.86. The smallest absolute Gasteiger partial charge is 0.317 e. The molecule has 0 atom stereocenters. The van der Waals surface area contributed by atoms with Crippen molar-refractivity contribution in [2.75, 3.05) is 20.2 Å². The molecule has 0 aromatic carbocycles. The predicted molar refractivity (Wildman–Crippen MR) is 46.5 cm³/mol. The summed E-state index contributed by atoms with van der Waals surface area (Å²) in [5.41, 5.74) is 0. The summed E-state index contributed by atoms with van der Waals surface area (Å²) in [5.74, 6) is -0.822. The summed E-state index contributed by atoms with van der Waals surface area (Å²) in [4.78, 5) is 18.7. The Bertz CT molecular complexity index is 110. The van der Waals surface area contributed by atoms with Crippen LogP contribution in [0.3, 0.4) is 0 Å². The lowest BCUT2D eigenvalue weighted by Gasteiger charge is -1.84. The number of hydrogen-bond donors (Lipinski definition) is 2. The lowest BCUT2D eigenvalue weighted by atomic mass is 10.7. The molecule has 0 fully saturated rings. The van der Waals surface area contributed by atoms with Crippen LogP contribution < -0.4 is 5.32 Å². The predicted octanol–water partition coefficient (Wildman–Crippen LogP) is -0.108. The van der Waals surface area contributed by atoms with Crippen molar-refractivity contribution in [2.45, 2.75) is 6.92 Å². The molecule has 0 aliphatic carbocycles. The number of carbonyl (C=O) groups excluding carboxylic acids is 1. The van der Waals surface area contributed by atoms with Crippen LogP contribution in [0.5, 0.6) is 0 Å². The first-order valence-corrected chi connectivity index (χ1v) is 3.10. The highest BCUT2D eigenvalue weighted by atomic mass is 35.5. The Morgan fingerprint density at radius 3 is 2.17 bits per heavy atom. The van der Waals surface area contributed by atoms with Crippen molar-refractivity contribution in [3.05, 3.63) is 0 Å². The zero-order valence-electron chi connectivity index (χ0n) is 7.07. The Morgan fingerprint density at radius 1 is 1.67 bits per heavy atom. The average molecular weight is 200 g/mol. The van der Waals surface area contributed by atoms with E-state index in [9.17, 15) is 9.59 Å². The first-order chi connectivity index (χ1) is 5.18. The number of carbonyl (C=O) groups is 2. The van der Waals surface area contributed by atoms with Gasteiger partial charge in [-0.1, -0.05) is 0 Å². The van der Waals surface area contributed by atoms with E-state index in [1.165, 1.54) is 0 Å². The summed E-state index contributed by atoms with van der Waals surface area (Å²) < 4.78 is 4.15. The Labute approximate surface area is 77.5 Å². The van der Waals surface area contributed by atoms with Crippen LogP contribution in [0, 0.1) is 0 Å². The molecule has 12 heavy (non-hydrogen) atoms. The average Bonchev–Trinajstić information content (AvgIpc) is 1.90. The van der Waals surface area contributed by atoms with Crippen LogP contribution >= 0.6 is 12.4 Å². The van der Waals surface area contributed by atoms with Gasteiger partial charge in [0.05, 0.1) is 13.2 Å². The molecule has 6 heteroatoms. The quantitative estimate of drug-likeness (QED) is 0.618. The number of likely N-dealkylation sites (N-methyl/N-ethyl adjacent to an activating group) is 1. The van der Waals surface area contributed by atoms with Crippen molar-refractivity contribution in [1.29, 1.82) is 0 Å². The van der Waals surface area contributed by atoms with E-state index in [0.29, 0.717) is 13.1 Å². The standard InChI is InChI=1S/C3H7NO2.C3H6O2.ClH/c1-4-2-3(5)6;1-2-5-3-4;/h4H,2H2,1H3,(H,5,6);3H,2H2,1H3;1H. The van der Waals surface area contributed by atoms with Crippen LogP contribution in [-0.2, 0) is 14.3 Å². The molecule has 0 aliphatic heterocycles. The van der Waals surface area contributed by atoms with Gasteiger partial charge in [0.2, 0.25) is 0 Å². The van der Waals surface area contributed by atoms with E-state index in [2.05, 4.69) is 10.1 Å². The van der Waals surface area contributed by atoms with Gasteiger partial charge in [0.1, 0.15) is 0 Å². The van der Waals surface area contributed by atoms with E-state index < -0.39 is 5.97 Å². The van der Waals surface area contributed by atoms with Crippen molar-refractivity contribution in [3.63, 3.8) is 0 Å². The first kappa shape index (κ1) is 17.3. The van der Waals surface area contributed by atoms with Crippen LogP contribution in [-0.4, -0.2) is 37.7 Å². The maximum absolute atomic E-state index is 9.54. The van der Waals surface area contributed by atoms with Crippen LogP contribution in [0.4, 0.5) is 0 Å². The molecule has 74 valence electrons. The monoisotopic (exact) mass is 199 g/mol. The Balaban J connectivity index is -0.000000126. The minimum absolute atomic E-state index is 0. The molecule has 0 saturated heterocycles. The number of aliphatic carboxylic acids is 1. The number of halogens is 1. The zero-order valence-corrected chi connectivity index (χ0v) is 7.89. The molecular weight excluding hydrogens is 186 g/mol.